The lowest BCUT2D eigenvalue weighted by Crippen LogP contribution is -2.09. The van der Waals surface area contributed by atoms with E-state index >= 15 is 0 Å². The molecule has 0 aliphatic carbocycles. The molecule has 0 saturated heterocycles. The van der Waals surface area contributed by atoms with E-state index in [9.17, 15) is 4.39 Å². The van der Waals surface area contributed by atoms with Gasteiger partial charge in [0.2, 0.25) is 0 Å². The van der Waals surface area contributed by atoms with E-state index in [4.69, 9.17) is 4.74 Å². The molecule has 0 heterocycles. The van der Waals surface area contributed by atoms with Crippen LogP contribution in [0.5, 0.6) is 5.75 Å². The van der Waals surface area contributed by atoms with Crippen molar-refractivity contribution in [1.82, 2.24) is 0 Å². The van der Waals surface area contributed by atoms with Gasteiger partial charge in [-0.15, -0.1) is 0 Å². The number of benzene rings is 2. The van der Waals surface area contributed by atoms with E-state index < -0.39 is 0 Å². The molecular formula is C15H14Br2FNO. The summed E-state index contributed by atoms with van der Waals surface area (Å²) in [5, 5.41) is 3.28. The Morgan fingerprint density at radius 1 is 1.15 bits per heavy atom. The molecule has 0 fully saturated rings. The van der Waals surface area contributed by atoms with Gasteiger partial charge in [0.15, 0.2) is 0 Å². The van der Waals surface area contributed by atoms with Gasteiger partial charge in [0.05, 0.1) is 18.8 Å². The van der Waals surface area contributed by atoms with Crippen LogP contribution >= 0.6 is 31.9 Å². The summed E-state index contributed by atoms with van der Waals surface area (Å²) in [7, 11) is 1.62. The molecule has 1 unspecified atom stereocenters. The molecule has 2 rings (SSSR count). The van der Waals surface area contributed by atoms with E-state index in [1.807, 2.05) is 25.1 Å². The van der Waals surface area contributed by atoms with E-state index in [1.165, 1.54) is 6.07 Å². The Morgan fingerprint density at radius 2 is 1.90 bits per heavy atom. The minimum atomic E-state index is -0.229. The normalized spacial score (nSPS) is 12.1. The molecular weight excluding hydrogens is 389 g/mol. The molecule has 5 heteroatoms. The number of ether oxygens (including phenoxy) is 1. The van der Waals surface area contributed by atoms with Gasteiger partial charge in [-0.05, 0) is 53.2 Å². The third-order valence-corrected chi connectivity index (χ3v) is 4.15. The molecule has 0 amide bonds. The van der Waals surface area contributed by atoms with Gasteiger partial charge in [-0.3, -0.25) is 0 Å². The second kappa shape index (κ2) is 6.59. The molecule has 20 heavy (non-hydrogen) atoms. The molecule has 2 aromatic carbocycles. The largest absolute Gasteiger partial charge is 0.497 e. The van der Waals surface area contributed by atoms with E-state index in [0.717, 1.165) is 20.4 Å². The molecule has 106 valence electrons. The summed E-state index contributed by atoms with van der Waals surface area (Å²) in [4.78, 5) is 0. The summed E-state index contributed by atoms with van der Waals surface area (Å²) < 4.78 is 20.8. The van der Waals surface area contributed by atoms with Gasteiger partial charge in [0.1, 0.15) is 11.6 Å². The predicted molar refractivity (Wildman–Crippen MR) is 86.8 cm³/mol. The van der Waals surface area contributed by atoms with Crippen LogP contribution in [0.25, 0.3) is 0 Å². The van der Waals surface area contributed by atoms with Crippen molar-refractivity contribution >= 4 is 37.5 Å². The van der Waals surface area contributed by atoms with Crippen LogP contribution in [0.4, 0.5) is 10.1 Å². The highest BCUT2D eigenvalue weighted by molar-refractivity contribution is 9.10. The van der Waals surface area contributed by atoms with Crippen LogP contribution in [0, 0.1) is 5.82 Å². The highest BCUT2D eigenvalue weighted by Crippen LogP contribution is 2.31. The van der Waals surface area contributed by atoms with Crippen molar-refractivity contribution in [2.45, 2.75) is 13.0 Å². The number of methoxy groups -OCH3 is 1. The van der Waals surface area contributed by atoms with Gasteiger partial charge in [-0.2, -0.15) is 0 Å². The second-order valence-corrected chi connectivity index (χ2v) is 6.15. The van der Waals surface area contributed by atoms with Crippen molar-refractivity contribution in [1.29, 1.82) is 0 Å². The number of halogens is 3. The van der Waals surface area contributed by atoms with Gasteiger partial charge in [-0.25, -0.2) is 4.39 Å². The van der Waals surface area contributed by atoms with Crippen molar-refractivity contribution in [3.05, 3.63) is 56.7 Å². The number of rotatable bonds is 4. The average Bonchev–Trinajstić information content (AvgIpc) is 2.43. The van der Waals surface area contributed by atoms with E-state index in [0.29, 0.717) is 5.56 Å². The van der Waals surface area contributed by atoms with Crippen LogP contribution in [-0.2, 0) is 0 Å². The zero-order valence-electron chi connectivity index (χ0n) is 11.1. The molecule has 0 saturated carbocycles. The summed E-state index contributed by atoms with van der Waals surface area (Å²) >= 11 is 6.84. The summed E-state index contributed by atoms with van der Waals surface area (Å²) in [6, 6.07) is 10.4. The fourth-order valence-corrected chi connectivity index (χ4v) is 2.64. The summed E-state index contributed by atoms with van der Waals surface area (Å²) in [6.07, 6.45) is 0. The fourth-order valence-electron chi connectivity index (χ4n) is 1.90. The fraction of sp³-hybridized carbons (Fsp3) is 0.200. The van der Waals surface area contributed by atoms with E-state index in [1.54, 1.807) is 19.2 Å². The maximum Gasteiger partial charge on any atom is 0.128 e. The predicted octanol–water partition coefficient (Wildman–Crippen LogP) is 5.53. The Morgan fingerprint density at radius 3 is 2.60 bits per heavy atom. The van der Waals surface area contributed by atoms with E-state index in [-0.39, 0.29) is 11.9 Å². The molecule has 0 aliphatic rings. The monoisotopic (exact) mass is 401 g/mol. The maximum absolute atomic E-state index is 13.9. The lowest BCUT2D eigenvalue weighted by Gasteiger charge is -2.18. The average molecular weight is 403 g/mol. The van der Waals surface area contributed by atoms with Crippen molar-refractivity contribution < 1.29 is 9.13 Å². The summed E-state index contributed by atoms with van der Waals surface area (Å²) in [5.41, 5.74) is 1.46. The van der Waals surface area contributed by atoms with Crippen LogP contribution < -0.4 is 10.1 Å². The lowest BCUT2D eigenvalue weighted by atomic mass is 10.1. The van der Waals surface area contributed by atoms with Gasteiger partial charge >= 0.3 is 0 Å². The van der Waals surface area contributed by atoms with Crippen LogP contribution in [-0.4, -0.2) is 7.11 Å². The van der Waals surface area contributed by atoms with Crippen molar-refractivity contribution in [2.75, 3.05) is 12.4 Å². The molecule has 0 radical (unpaired) electrons. The molecule has 2 aromatic rings. The highest BCUT2D eigenvalue weighted by atomic mass is 79.9. The molecule has 1 N–H and O–H groups in total. The summed E-state index contributed by atoms with van der Waals surface area (Å²) in [5.74, 6) is 0.518. The van der Waals surface area contributed by atoms with Crippen LogP contribution in [0.1, 0.15) is 18.5 Å². The third-order valence-electron chi connectivity index (χ3n) is 2.97. The smallest absolute Gasteiger partial charge is 0.128 e. The molecule has 0 aliphatic heterocycles. The van der Waals surface area contributed by atoms with Gasteiger partial charge < -0.3 is 10.1 Å². The van der Waals surface area contributed by atoms with Gasteiger partial charge in [0, 0.05) is 20.6 Å². The number of hydrogen-bond donors (Lipinski definition) is 1. The maximum atomic E-state index is 13.9. The highest BCUT2D eigenvalue weighted by Gasteiger charge is 2.13. The third kappa shape index (κ3) is 3.52. The van der Waals surface area contributed by atoms with Gasteiger partial charge in [-0.1, -0.05) is 15.9 Å². The standard InChI is InChI=1S/C15H14Br2FNO/c1-9(12-7-10(16)3-6-14(12)18)19-15-8-11(20-2)4-5-13(15)17/h3-9,19H,1-2H3. The Bertz CT molecular complexity index is 619. The van der Waals surface area contributed by atoms with Crippen LogP contribution in [0.2, 0.25) is 0 Å². The minimum absolute atomic E-state index is 0.170. The summed E-state index contributed by atoms with van der Waals surface area (Å²) in [6.45, 7) is 1.91. The molecule has 0 spiro atoms. The van der Waals surface area contributed by atoms with Crippen molar-refractivity contribution in [2.24, 2.45) is 0 Å². The van der Waals surface area contributed by atoms with Gasteiger partial charge in [0.25, 0.3) is 0 Å². The molecule has 2 nitrogen and oxygen atoms in total. The quantitative estimate of drug-likeness (QED) is 0.725. The first-order valence-electron chi connectivity index (χ1n) is 6.06. The van der Waals surface area contributed by atoms with E-state index in [2.05, 4.69) is 37.2 Å². The number of anilines is 1. The Kier molecular flexibility index (Phi) is 5.05. The Balaban J connectivity index is 2.27. The Labute approximate surface area is 134 Å². The molecule has 0 aromatic heterocycles. The lowest BCUT2D eigenvalue weighted by molar-refractivity contribution is 0.415. The molecule has 0 bridgehead atoms. The van der Waals surface area contributed by atoms with Crippen molar-refractivity contribution in [3.63, 3.8) is 0 Å². The van der Waals surface area contributed by atoms with Crippen LogP contribution in [0.3, 0.4) is 0 Å². The zero-order valence-corrected chi connectivity index (χ0v) is 14.3. The second-order valence-electron chi connectivity index (χ2n) is 4.38. The topological polar surface area (TPSA) is 21.3 Å². The molecule has 1 atom stereocenters. The first-order valence-corrected chi connectivity index (χ1v) is 7.65. The van der Waals surface area contributed by atoms with Crippen molar-refractivity contribution in [3.8, 4) is 5.75 Å². The Hall–Kier alpha value is -1.07. The number of nitrogens with one attached hydrogen (secondary N) is 1. The zero-order chi connectivity index (χ0) is 14.7. The number of hydrogen-bond acceptors (Lipinski definition) is 2. The first kappa shape index (κ1) is 15.3. The first-order chi connectivity index (χ1) is 9.51. The minimum Gasteiger partial charge on any atom is -0.497 e. The SMILES string of the molecule is COc1ccc(Br)c(NC(C)c2cc(Br)ccc2F)c1. The van der Waals surface area contributed by atoms with Crippen LogP contribution in [0.15, 0.2) is 45.3 Å².